The number of carbonyl (C=O) groups is 2. The molecule has 0 radical (unpaired) electrons. The topological polar surface area (TPSA) is 95.3 Å². The third-order valence-electron chi connectivity index (χ3n) is 5.97. The van der Waals surface area contributed by atoms with E-state index in [1.54, 1.807) is 0 Å². The Morgan fingerprint density at radius 2 is 1.97 bits per heavy atom. The molecule has 10 heteroatoms. The van der Waals surface area contributed by atoms with E-state index in [0.29, 0.717) is 28.1 Å². The fourth-order valence-electron chi connectivity index (χ4n) is 4.17. The summed E-state index contributed by atoms with van der Waals surface area (Å²) in [7, 11) is 1.36. The number of anilines is 1. The number of fused-ring (bicyclic) bond motifs is 1. The van der Waals surface area contributed by atoms with E-state index < -0.39 is 5.97 Å². The summed E-state index contributed by atoms with van der Waals surface area (Å²) in [5.41, 5.74) is 2.77. The first-order chi connectivity index (χ1) is 16.9. The number of thiophene rings is 1. The molecule has 1 N–H and O–H groups in total. The highest BCUT2D eigenvalue weighted by Gasteiger charge is 2.28. The zero-order chi connectivity index (χ0) is 24.9. The van der Waals surface area contributed by atoms with Crippen molar-refractivity contribution in [3.8, 4) is 5.75 Å². The quantitative estimate of drug-likeness (QED) is 0.298. The van der Waals surface area contributed by atoms with Gasteiger partial charge in [-0.05, 0) is 62.8 Å². The molecule has 1 amide bonds. The Labute approximate surface area is 213 Å². The van der Waals surface area contributed by atoms with Gasteiger partial charge in [-0.25, -0.2) is 4.79 Å². The van der Waals surface area contributed by atoms with Crippen molar-refractivity contribution in [2.75, 3.05) is 18.2 Å². The Hall–Kier alpha value is -2.85. The van der Waals surface area contributed by atoms with Crippen LogP contribution in [0.15, 0.2) is 29.4 Å². The lowest BCUT2D eigenvalue weighted by molar-refractivity contribution is -0.113. The molecule has 0 fully saturated rings. The lowest BCUT2D eigenvalue weighted by Crippen LogP contribution is -2.17. The van der Waals surface area contributed by atoms with Crippen molar-refractivity contribution < 1.29 is 19.1 Å². The van der Waals surface area contributed by atoms with Crippen LogP contribution in [0, 0.1) is 0 Å². The first kappa shape index (κ1) is 25.2. The predicted molar refractivity (Wildman–Crippen MR) is 138 cm³/mol. The molecule has 1 atom stereocenters. The Balaban J connectivity index is 1.40. The van der Waals surface area contributed by atoms with Crippen LogP contribution >= 0.6 is 23.1 Å². The van der Waals surface area contributed by atoms with Gasteiger partial charge in [0.05, 0.1) is 18.4 Å². The normalized spacial score (nSPS) is 13.4. The molecule has 35 heavy (non-hydrogen) atoms. The lowest BCUT2D eigenvalue weighted by atomic mass is 10.1. The molecule has 4 rings (SSSR count). The summed E-state index contributed by atoms with van der Waals surface area (Å²) >= 11 is 2.78. The van der Waals surface area contributed by atoms with E-state index in [0.717, 1.165) is 41.9 Å². The maximum atomic E-state index is 12.8. The Morgan fingerprint density at radius 1 is 1.20 bits per heavy atom. The third kappa shape index (κ3) is 5.54. The van der Waals surface area contributed by atoms with E-state index >= 15 is 0 Å². The first-order valence-corrected chi connectivity index (χ1v) is 13.6. The number of nitrogens with one attached hydrogen (secondary N) is 1. The second kappa shape index (κ2) is 11.3. The van der Waals surface area contributed by atoms with Crippen LogP contribution in [0.4, 0.5) is 5.00 Å². The van der Waals surface area contributed by atoms with Crippen LogP contribution in [0.25, 0.3) is 0 Å². The molecule has 1 aromatic carbocycles. The number of aromatic nitrogens is 3. The monoisotopic (exact) mass is 514 g/mol. The molecular weight excluding hydrogens is 484 g/mol. The van der Waals surface area contributed by atoms with Crippen molar-refractivity contribution in [1.29, 1.82) is 0 Å². The summed E-state index contributed by atoms with van der Waals surface area (Å²) in [5.74, 6) is 1.03. The highest BCUT2D eigenvalue weighted by Crippen LogP contribution is 2.39. The number of hydrogen-bond donors (Lipinski definition) is 1. The number of aryl methyl sites for hydroxylation is 2. The number of nitrogens with zero attached hydrogens (tertiary/aromatic N) is 3. The van der Waals surface area contributed by atoms with E-state index in [1.165, 1.54) is 35.8 Å². The molecule has 0 saturated heterocycles. The molecule has 2 heterocycles. The van der Waals surface area contributed by atoms with Crippen molar-refractivity contribution in [3.05, 3.63) is 51.7 Å². The summed E-state index contributed by atoms with van der Waals surface area (Å²) in [4.78, 5) is 26.2. The van der Waals surface area contributed by atoms with Gasteiger partial charge in [0.1, 0.15) is 10.8 Å². The van der Waals surface area contributed by atoms with Gasteiger partial charge in [0.25, 0.3) is 0 Å². The highest BCUT2D eigenvalue weighted by atomic mass is 32.2. The average Bonchev–Trinajstić information content (AvgIpc) is 3.57. The lowest BCUT2D eigenvalue weighted by Gasteiger charge is -2.16. The van der Waals surface area contributed by atoms with Gasteiger partial charge in [-0.2, -0.15) is 0 Å². The van der Waals surface area contributed by atoms with Crippen molar-refractivity contribution >= 4 is 40.0 Å². The van der Waals surface area contributed by atoms with E-state index in [4.69, 9.17) is 9.47 Å². The van der Waals surface area contributed by atoms with Crippen LogP contribution in [0.3, 0.4) is 0 Å². The van der Waals surface area contributed by atoms with Crippen molar-refractivity contribution in [1.82, 2.24) is 14.8 Å². The van der Waals surface area contributed by atoms with Crippen molar-refractivity contribution in [2.45, 2.75) is 64.3 Å². The molecule has 0 bridgehead atoms. The van der Waals surface area contributed by atoms with Gasteiger partial charge in [-0.1, -0.05) is 30.8 Å². The number of benzene rings is 1. The zero-order valence-corrected chi connectivity index (χ0v) is 22.1. The highest BCUT2D eigenvalue weighted by molar-refractivity contribution is 7.99. The van der Waals surface area contributed by atoms with Crippen LogP contribution < -0.4 is 10.1 Å². The molecular formula is C25H30N4O4S2. The molecule has 0 saturated carbocycles. The second-order valence-electron chi connectivity index (χ2n) is 8.23. The Bertz CT molecular complexity index is 1200. The first-order valence-electron chi connectivity index (χ1n) is 11.8. The van der Waals surface area contributed by atoms with Crippen LogP contribution in [0.1, 0.15) is 65.5 Å². The maximum Gasteiger partial charge on any atom is 0.341 e. The number of carbonyl (C=O) groups excluding carboxylic acids is 2. The average molecular weight is 515 g/mol. The third-order valence-corrected chi connectivity index (χ3v) is 8.14. The van der Waals surface area contributed by atoms with Crippen LogP contribution in [0.2, 0.25) is 0 Å². The number of rotatable bonds is 10. The van der Waals surface area contributed by atoms with Gasteiger partial charge < -0.3 is 19.4 Å². The molecule has 186 valence electrons. The Morgan fingerprint density at radius 3 is 2.66 bits per heavy atom. The summed E-state index contributed by atoms with van der Waals surface area (Å²) in [6.45, 7) is 6.72. The van der Waals surface area contributed by atoms with E-state index in [2.05, 4.69) is 34.6 Å². The number of esters is 1. The van der Waals surface area contributed by atoms with Gasteiger partial charge in [-0.15, -0.1) is 21.5 Å². The van der Waals surface area contributed by atoms with E-state index in [-0.39, 0.29) is 17.8 Å². The molecule has 0 spiro atoms. The van der Waals surface area contributed by atoms with Gasteiger partial charge in [0.2, 0.25) is 5.91 Å². The summed E-state index contributed by atoms with van der Waals surface area (Å²) < 4.78 is 13.0. The SMILES string of the molecule is CCc1ccc(OC(C)c2nnc(SCC(=O)Nc3sc4c(c3C(=O)OC)CCC4)n2CC)cc1. The number of methoxy groups -OCH3 is 1. The van der Waals surface area contributed by atoms with Crippen LogP contribution in [-0.4, -0.2) is 39.5 Å². The molecule has 8 nitrogen and oxygen atoms in total. The molecule has 3 aromatic rings. The summed E-state index contributed by atoms with van der Waals surface area (Å²) in [6, 6.07) is 8.04. The number of ether oxygens (including phenoxy) is 2. The fraction of sp³-hybridized carbons (Fsp3) is 0.440. The van der Waals surface area contributed by atoms with Crippen molar-refractivity contribution in [3.63, 3.8) is 0 Å². The van der Waals surface area contributed by atoms with Gasteiger partial charge >= 0.3 is 5.97 Å². The minimum Gasteiger partial charge on any atom is -0.483 e. The Kier molecular flexibility index (Phi) is 8.12. The molecule has 0 aliphatic heterocycles. The zero-order valence-electron chi connectivity index (χ0n) is 20.4. The summed E-state index contributed by atoms with van der Waals surface area (Å²) in [6.07, 6.45) is 3.48. The number of amides is 1. The van der Waals surface area contributed by atoms with Gasteiger partial charge in [-0.3, -0.25) is 4.79 Å². The van der Waals surface area contributed by atoms with Gasteiger partial charge in [0, 0.05) is 11.4 Å². The second-order valence-corrected chi connectivity index (χ2v) is 10.3. The van der Waals surface area contributed by atoms with Crippen LogP contribution in [0.5, 0.6) is 5.75 Å². The van der Waals surface area contributed by atoms with Crippen LogP contribution in [-0.2, 0) is 35.3 Å². The molecule has 1 unspecified atom stereocenters. The van der Waals surface area contributed by atoms with Gasteiger partial charge in [0.15, 0.2) is 17.1 Å². The molecule has 1 aliphatic rings. The van der Waals surface area contributed by atoms with E-state index in [1.807, 2.05) is 30.5 Å². The fourth-order valence-corrected chi connectivity index (χ4v) is 6.27. The molecule has 2 aromatic heterocycles. The minimum absolute atomic E-state index is 0.148. The predicted octanol–water partition coefficient (Wildman–Crippen LogP) is 5.07. The van der Waals surface area contributed by atoms with Crippen molar-refractivity contribution in [2.24, 2.45) is 0 Å². The maximum absolute atomic E-state index is 12.8. The number of thioether (sulfide) groups is 1. The largest absolute Gasteiger partial charge is 0.483 e. The standard InChI is InChI=1S/C25H30N4O4S2/c1-5-16-10-12-17(13-11-16)33-15(3)22-27-28-25(29(22)6-2)34-14-20(30)26-23-21(24(31)32-4)18-8-7-9-19(18)35-23/h10-13,15H,5-9,14H2,1-4H3,(H,26,30). The summed E-state index contributed by atoms with van der Waals surface area (Å²) in [5, 5.41) is 12.8. The number of hydrogen-bond acceptors (Lipinski definition) is 8. The molecule has 1 aliphatic carbocycles. The smallest absolute Gasteiger partial charge is 0.341 e. The van der Waals surface area contributed by atoms with E-state index in [9.17, 15) is 9.59 Å². The minimum atomic E-state index is -0.402.